The highest BCUT2D eigenvalue weighted by molar-refractivity contribution is 14.1. The van der Waals surface area contributed by atoms with Gasteiger partial charge in [-0.2, -0.15) is 5.10 Å². The van der Waals surface area contributed by atoms with Gasteiger partial charge in [-0.05, 0) is 76.2 Å². The maximum atomic E-state index is 13.0. The molecule has 0 heterocycles. The van der Waals surface area contributed by atoms with Crippen molar-refractivity contribution in [3.05, 3.63) is 90.7 Å². The van der Waals surface area contributed by atoms with Crippen LogP contribution >= 0.6 is 45.8 Å². The van der Waals surface area contributed by atoms with Crippen molar-refractivity contribution in [3.63, 3.8) is 0 Å². The molecule has 160 valence electrons. The van der Waals surface area contributed by atoms with E-state index >= 15 is 0 Å². The molecule has 0 unspecified atom stereocenters. The predicted molar refractivity (Wildman–Crippen MR) is 128 cm³/mol. The Morgan fingerprint density at radius 1 is 1.16 bits per heavy atom. The monoisotopic (exact) mass is 572 g/mol. The number of benzene rings is 3. The number of halogens is 4. The third-order valence-electron chi connectivity index (χ3n) is 4.10. The number of carbonyl (C=O) groups is 1. The van der Waals surface area contributed by atoms with Gasteiger partial charge in [0.05, 0.1) is 27.5 Å². The van der Waals surface area contributed by atoms with Gasteiger partial charge < -0.3 is 9.47 Å². The lowest BCUT2D eigenvalue weighted by molar-refractivity contribution is 0.0955. The van der Waals surface area contributed by atoms with Crippen LogP contribution in [0.1, 0.15) is 21.5 Å². The summed E-state index contributed by atoms with van der Waals surface area (Å²) in [6, 6.07) is 14.2. The van der Waals surface area contributed by atoms with Crippen molar-refractivity contribution in [1.29, 1.82) is 0 Å². The lowest BCUT2D eigenvalue weighted by Crippen LogP contribution is -2.18. The zero-order valence-corrected chi connectivity index (χ0v) is 19.8. The molecule has 5 nitrogen and oxygen atoms in total. The van der Waals surface area contributed by atoms with E-state index in [9.17, 15) is 9.18 Å². The zero-order chi connectivity index (χ0) is 22.4. The van der Waals surface area contributed by atoms with E-state index in [0.717, 1.165) is 9.13 Å². The van der Waals surface area contributed by atoms with Gasteiger partial charge in [0, 0.05) is 5.02 Å². The molecule has 0 fully saturated rings. The average Bonchev–Trinajstić information content (AvgIpc) is 2.73. The Balaban J connectivity index is 1.69. The van der Waals surface area contributed by atoms with Crippen LogP contribution in [0, 0.1) is 9.39 Å². The van der Waals surface area contributed by atoms with E-state index < -0.39 is 5.91 Å². The lowest BCUT2D eigenvalue weighted by Gasteiger charge is -2.13. The van der Waals surface area contributed by atoms with Crippen LogP contribution < -0.4 is 14.9 Å². The van der Waals surface area contributed by atoms with Crippen molar-refractivity contribution < 1.29 is 18.7 Å². The van der Waals surface area contributed by atoms with Crippen molar-refractivity contribution in [2.45, 2.75) is 6.61 Å². The summed E-state index contributed by atoms with van der Waals surface area (Å²) >= 11 is 14.0. The maximum Gasteiger partial charge on any atom is 0.272 e. The van der Waals surface area contributed by atoms with Gasteiger partial charge in [-0.1, -0.05) is 35.3 Å². The molecule has 0 saturated carbocycles. The van der Waals surface area contributed by atoms with Crippen molar-refractivity contribution >= 4 is 57.9 Å². The molecule has 0 atom stereocenters. The minimum absolute atomic E-state index is 0.235. The summed E-state index contributed by atoms with van der Waals surface area (Å²) in [6.45, 7) is 0.262. The number of nitrogens with zero attached hydrogens (tertiary/aromatic N) is 1. The van der Waals surface area contributed by atoms with Crippen molar-refractivity contribution in [3.8, 4) is 11.5 Å². The topological polar surface area (TPSA) is 59.9 Å². The normalized spacial score (nSPS) is 10.9. The number of ether oxygens (including phenoxy) is 2. The van der Waals surface area contributed by atoms with E-state index in [1.165, 1.54) is 37.6 Å². The molecular weight excluding hydrogens is 557 g/mol. The van der Waals surface area contributed by atoms with E-state index in [-0.39, 0.29) is 23.0 Å². The standard InChI is InChI=1S/C22H16Cl2FIN2O3/c1-30-20-9-14(11-27-28-22(29)17-7-4-15(23)10-18(17)24)8-19(26)21(20)31-12-13-2-5-16(25)6-3-13/h2-11H,12H2,1H3,(H,28,29)/b27-11-. The SMILES string of the molecule is COc1cc(/C=N\NC(=O)c2ccc(Cl)cc2Cl)cc(I)c1OCc1ccc(F)cc1. The van der Waals surface area contributed by atoms with Crippen LogP contribution in [0.15, 0.2) is 59.7 Å². The molecule has 0 aromatic heterocycles. The van der Waals surface area contributed by atoms with E-state index in [0.29, 0.717) is 22.1 Å². The van der Waals surface area contributed by atoms with Gasteiger partial charge in [-0.25, -0.2) is 9.82 Å². The fourth-order valence-electron chi connectivity index (χ4n) is 2.59. The summed E-state index contributed by atoms with van der Waals surface area (Å²) in [5.74, 6) is 0.299. The summed E-state index contributed by atoms with van der Waals surface area (Å²) < 4.78 is 25.1. The smallest absolute Gasteiger partial charge is 0.272 e. The number of nitrogens with one attached hydrogen (secondary N) is 1. The predicted octanol–water partition coefficient (Wildman–Crippen LogP) is 6.09. The molecule has 0 radical (unpaired) electrons. The van der Waals surface area contributed by atoms with Crippen LogP contribution in [-0.2, 0) is 6.61 Å². The number of hydrogen-bond acceptors (Lipinski definition) is 4. The second kappa shape index (κ2) is 10.8. The summed E-state index contributed by atoms with van der Waals surface area (Å²) in [4.78, 5) is 12.2. The van der Waals surface area contributed by atoms with Crippen molar-refractivity contribution in [1.82, 2.24) is 5.43 Å². The van der Waals surface area contributed by atoms with Crippen LogP contribution in [0.3, 0.4) is 0 Å². The second-order valence-electron chi connectivity index (χ2n) is 6.27. The Bertz CT molecular complexity index is 1120. The summed E-state index contributed by atoms with van der Waals surface area (Å²) in [7, 11) is 1.53. The van der Waals surface area contributed by atoms with Crippen molar-refractivity contribution in [2.24, 2.45) is 5.10 Å². The van der Waals surface area contributed by atoms with Gasteiger partial charge in [-0.15, -0.1) is 0 Å². The Morgan fingerprint density at radius 3 is 2.58 bits per heavy atom. The van der Waals surface area contributed by atoms with Crippen LogP contribution in [0.25, 0.3) is 0 Å². The highest BCUT2D eigenvalue weighted by Gasteiger charge is 2.12. The molecule has 3 aromatic carbocycles. The molecule has 9 heteroatoms. The summed E-state index contributed by atoms with van der Waals surface area (Å²) in [6.07, 6.45) is 1.48. The number of carbonyl (C=O) groups excluding carboxylic acids is 1. The first-order valence-electron chi connectivity index (χ1n) is 8.90. The van der Waals surface area contributed by atoms with E-state index in [4.69, 9.17) is 32.7 Å². The number of methoxy groups -OCH3 is 1. The lowest BCUT2D eigenvalue weighted by atomic mass is 10.2. The quantitative estimate of drug-likeness (QED) is 0.212. The van der Waals surface area contributed by atoms with Crippen LogP contribution in [0.5, 0.6) is 11.5 Å². The highest BCUT2D eigenvalue weighted by atomic mass is 127. The number of amides is 1. The molecule has 3 aromatic rings. The van der Waals surface area contributed by atoms with Crippen LogP contribution in [0.2, 0.25) is 10.0 Å². The largest absolute Gasteiger partial charge is 0.493 e. The minimum atomic E-state index is -0.459. The van der Waals surface area contributed by atoms with Crippen LogP contribution in [0.4, 0.5) is 4.39 Å². The Hall–Kier alpha value is -2.36. The van der Waals surface area contributed by atoms with E-state index in [2.05, 4.69) is 33.1 Å². The second-order valence-corrected chi connectivity index (χ2v) is 8.28. The molecule has 0 spiro atoms. The third-order valence-corrected chi connectivity index (χ3v) is 5.45. The third kappa shape index (κ3) is 6.32. The molecule has 1 amide bonds. The summed E-state index contributed by atoms with van der Waals surface area (Å²) in [5, 5.41) is 4.65. The average molecular weight is 573 g/mol. The summed E-state index contributed by atoms with van der Waals surface area (Å²) in [5.41, 5.74) is 4.21. The molecule has 0 aliphatic rings. The van der Waals surface area contributed by atoms with Gasteiger partial charge in [0.1, 0.15) is 12.4 Å². The zero-order valence-electron chi connectivity index (χ0n) is 16.2. The highest BCUT2D eigenvalue weighted by Crippen LogP contribution is 2.34. The first kappa shape index (κ1) is 23.3. The molecule has 3 rings (SSSR count). The molecule has 0 saturated heterocycles. The molecule has 0 aliphatic heterocycles. The Kier molecular flexibility index (Phi) is 8.11. The Morgan fingerprint density at radius 2 is 1.90 bits per heavy atom. The first-order chi connectivity index (χ1) is 14.9. The van der Waals surface area contributed by atoms with Gasteiger partial charge in [0.15, 0.2) is 11.5 Å². The van der Waals surface area contributed by atoms with Gasteiger partial charge in [0.2, 0.25) is 0 Å². The molecule has 1 N–H and O–H groups in total. The number of hydrogen-bond donors (Lipinski definition) is 1. The van der Waals surface area contributed by atoms with Crippen molar-refractivity contribution in [2.75, 3.05) is 7.11 Å². The van der Waals surface area contributed by atoms with Crippen LogP contribution in [-0.4, -0.2) is 19.2 Å². The minimum Gasteiger partial charge on any atom is -0.493 e. The number of hydrazone groups is 1. The maximum absolute atomic E-state index is 13.0. The fraction of sp³-hybridized carbons (Fsp3) is 0.0909. The molecule has 0 bridgehead atoms. The van der Waals surface area contributed by atoms with E-state index in [1.807, 2.05) is 6.07 Å². The Labute approximate surface area is 202 Å². The molecule has 0 aliphatic carbocycles. The first-order valence-corrected chi connectivity index (χ1v) is 10.7. The van der Waals surface area contributed by atoms with Gasteiger partial charge in [-0.3, -0.25) is 4.79 Å². The van der Waals surface area contributed by atoms with Gasteiger partial charge >= 0.3 is 0 Å². The molecule has 31 heavy (non-hydrogen) atoms. The van der Waals surface area contributed by atoms with E-state index in [1.54, 1.807) is 24.3 Å². The molecular formula is C22H16Cl2FIN2O3. The fourth-order valence-corrected chi connectivity index (χ4v) is 3.87. The number of rotatable bonds is 7. The van der Waals surface area contributed by atoms with Gasteiger partial charge in [0.25, 0.3) is 5.91 Å².